The predicted octanol–water partition coefficient (Wildman–Crippen LogP) is 3.50. The molecule has 4 heteroatoms. The maximum Gasteiger partial charge on any atom is 0.123 e. The molecular weight excluding hydrogens is 256 g/mol. The number of aromatic nitrogens is 1. The van der Waals surface area contributed by atoms with E-state index in [2.05, 4.69) is 41.7 Å². The second-order valence-electron chi connectivity index (χ2n) is 4.55. The molecule has 0 saturated carbocycles. The van der Waals surface area contributed by atoms with Crippen LogP contribution in [0.5, 0.6) is 5.75 Å². The summed E-state index contributed by atoms with van der Waals surface area (Å²) in [6.45, 7) is 8.01. The zero-order chi connectivity index (χ0) is 13.7. The highest BCUT2D eigenvalue weighted by Crippen LogP contribution is 2.25. The van der Waals surface area contributed by atoms with Crippen molar-refractivity contribution in [3.8, 4) is 16.3 Å². The molecule has 102 valence electrons. The largest absolute Gasteiger partial charge is 0.489 e. The van der Waals surface area contributed by atoms with Crippen LogP contribution in [0.2, 0.25) is 0 Å². The van der Waals surface area contributed by atoms with Crippen molar-refractivity contribution < 1.29 is 4.74 Å². The zero-order valence-corrected chi connectivity index (χ0v) is 12.5. The lowest BCUT2D eigenvalue weighted by Gasteiger charge is -2.15. The molecule has 0 aliphatic carbocycles. The van der Waals surface area contributed by atoms with Crippen molar-refractivity contribution in [1.82, 2.24) is 10.3 Å². The lowest BCUT2D eigenvalue weighted by molar-refractivity contribution is 0.218. The maximum absolute atomic E-state index is 5.83. The van der Waals surface area contributed by atoms with Gasteiger partial charge in [0.2, 0.25) is 0 Å². The van der Waals surface area contributed by atoms with E-state index < -0.39 is 0 Å². The van der Waals surface area contributed by atoms with Crippen LogP contribution in [0, 0.1) is 6.92 Å². The topological polar surface area (TPSA) is 34.1 Å². The van der Waals surface area contributed by atoms with Gasteiger partial charge < -0.3 is 10.1 Å². The minimum atomic E-state index is 0.174. The van der Waals surface area contributed by atoms with Crippen molar-refractivity contribution in [2.24, 2.45) is 0 Å². The number of hydrogen-bond donors (Lipinski definition) is 1. The van der Waals surface area contributed by atoms with Crippen LogP contribution < -0.4 is 10.1 Å². The van der Waals surface area contributed by atoms with E-state index in [0.717, 1.165) is 35.1 Å². The molecule has 1 atom stereocenters. The Morgan fingerprint density at radius 2 is 2.05 bits per heavy atom. The normalized spacial score (nSPS) is 12.4. The number of aryl methyl sites for hydroxylation is 1. The van der Waals surface area contributed by atoms with Crippen molar-refractivity contribution in [3.63, 3.8) is 0 Å². The molecule has 0 amide bonds. The standard InChI is InChI=1S/C15H20N2OS/c1-4-16-9-12(3)18-14-7-5-13(6-8-14)15-17-11(2)10-19-15/h5-8,10,12,16H,4,9H2,1-3H3. The Kier molecular flexibility index (Phi) is 4.93. The van der Waals surface area contributed by atoms with Gasteiger partial charge in [-0.1, -0.05) is 6.92 Å². The summed E-state index contributed by atoms with van der Waals surface area (Å²) < 4.78 is 5.83. The summed E-state index contributed by atoms with van der Waals surface area (Å²) in [5.74, 6) is 0.905. The lowest BCUT2D eigenvalue weighted by atomic mass is 10.2. The summed E-state index contributed by atoms with van der Waals surface area (Å²) in [6, 6.07) is 8.14. The van der Waals surface area contributed by atoms with Gasteiger partial charge in [-0.15, -0.1) is 11.3 Å². The third-order valence-corrected chi connectivity index (χ3v) is 3.75. The second kappa shape index (κ2) is 6.68. The van der Waals surface area contributed by atoms with E-state index >= 15 is 0 Å². The first-order valence-corrected chi connectivity index (χ1v) is 7.47. The Hall–Kier alpha value is -1.39. The molecule has 0 bridgehead atoms. The van der Waals surface area contributed by atoms with Crippen molar-refractivity contribution >= 4 is 11.3 Å². The average molecular weight is 276 g/mol. The van der Waals surface area contributed by atoms with Crippen LogP contribution in [0.25, 0.3) is 10.6 Å². The first-order chi connectivity index (χ1) is 9.19. The summed E-state index contributed by atoms with van der Waals surface area (Å²) in [5.41, 5.74) is 2.21. The highest BCUT2D eigenvalue weighted by atomic mass is 32.1. The molecule has 2 aromatic rings. The number of thiazole rings is 1. The molecule has 1 unspecified atom stereocenters. The van der Waals surface area contributed by atoms with E-state index in [1.54, 1.807) is 11.3 Å². The Morgan fingerprint density at radius 3 is 2.63 bits per heavy atom. The first kappa shape index (κ1) is 14.0. The molecule has 1 heterocycles. The summed E-state index contributed by atoms with van der Waals surface area (Å²) in [5, 5.41) is 6.40. The summed E-state index contributed by atoms with van der Waals surface area (Å²) in [6.07, 6.45) is 0.174. The number of benzene rings is 1. The van der Waals surface area contributed by atoms with Crippen LogP contribution in [-0.2, 0) is 0 Å². The number of hydrogen-bond acceptors (Lipinski definition) is 4. The highest BCUT2D eigenvalue weighted by molar-refractivity contribution is 7.13. The van der Waals surface area contributed by atoms with Gasteiger partial charge in [-0.25, -0.2) is 4.98 Å². The molecule has 1 aromatic heterocycles. The van der Waals surface area contributed by atoms with Gasteiger partial charge in [0.05, 0.1) is 0 Å². The molecule has 0 fully saturated rings. The molecular formula is C15H20N2OS. The van der Waals surface area contributed by atoms with E-state index in [1.807, 2.05) is 19.1 Å². The average Bonchev–Trinajstić information content (AvgIpc) is 2.84. The molecule has 0 aliphatic heterocycles. The number of nitrogens with zero attached hydrogens (tertiary/aromatic N) is 1. The summed E-state index contributed by atoms with van der Waals surface area (Å²) in [7, 11) is 0. The van der Waals surface area contributed by atoms with Crippen molar-refractivity contribution in [2.45, 2.75) is 26.9 Å². The molecule has 0 saturated heterocycles. The van der Waals surface area contributed by atoms with Gasteiger partial charge in [-0.05, 0) is 44.7 Å². The molecule has 0 aliphatic rings. The van der Waals surface area contributed by atoms with Gasteiger partial charge in [0, 0.05) is 23.2 Å². The molecule has 0 spiro atoms. The zero-order valence-electron chi connectivity index (χ0n) is 11.6. The van der Waals surface area contributed by atoms with Crippen molar-refractivity contribution in [3.05, 3.63) is 35.3 Å². The van der Waals surface area contributed by atoms with Gasteiger partial charge in [0.1, 0.15) is 16.9 Å². The molecule has 0 radical (unpaired) electrons. The van der Waals surface area contributed by atoms with Crippen LogP contribution in [0.3, 0.4) is 0 Å². The summed E-state index contributed by atoms with van der Waals surface area (Å²) in [4.78, 5) is 4.48. The Bertz CT molecular complexity index is 507. The van der Waals surface area contributed by atoms with E-state index in [4.69, 9.17) is 4.74 Å². The highest BCUT2D eigenvalue weighted by Gasteiger charge is 2.05. The maximum atomic E-state index is 5.83. The van der Waals surface area contributed by atoms with E-state index in [9.17, 15) is 0 Å². The fraction of sp³-hybridized carbons (Fsp3) is 0.400. The Labute approximate surface area is 118 Å². The first-order valence-electron chi connectivity index (χ1n) is 6.59. The predicted molar refractivity (Wildman–Crippen MR) is 80.9 cm³/mol. The van der Waals surface area contributed by atoms with E-state index in [1.165, 1.54) is 0 Å². The fourth-order valence-corrected chi connectivity index (χ4v) is 2.59. The molecule has 2 rings (SSSR count). The van der Waals surface area contributed by atoms with Gasteiger partial charge in [0.25, 0.3) is 0 Å². The second-order valence-corrected chi connectivity index (χ2v) is 5.41. The quantitative estimate of drug-likeness (QED) is 0.877. The van der Waals surface area contributed by atoms with Crippen LogP contribution in [0.4, 0.5) is 0 Å². The van der Waals surface area contributed by atoms with Crippen LogP contribution in [-0.4, -0.2) is 24.2 Å². The van der Waals surface area contributed by atoms with Gasteiger partial charge in [-0.2, -0.15) is 0 Å². The van der Waals surface area contributed by atoms with Gasteiger partial charge in [0.15, 0.2) is 0 Å². The van der Waals surface area contributed by atoms with Crippen LogP contribution >= 0.6 is 11.3 Å². The minimum Gasteiger partial charge on any atom is -0.489 e. The van der Waals surface area contributed by atoms with Crippen LogP contribution in [0.1, 0.15) is 19.5 Å². The molecule has 1 aromatic carbocycles. The third kappa shape index (κ3) is 4.04. The minimum absolute atomic E-state index is 0.174. The van der Waals surface area contributed by atoms with Gasteiger partial charge >= 0.3 is 0 Å². The fourth-order valence-electron chi connectivity index (χ4n) is 1.78. The van der Waals surface area contributed by atoms with E-state index in [0.29, 0.717) is 0 Å². The number of nitrogens with one attached hydrogen (secondary N) is 1. The lowest BCUT2D eigenvalue weighted by Crippen LogP contribution is -2.28. The Balaban J connectivity index is 1.98. The van der Waals surface area contributed by atoms with Crippen LogP contribution in [0.15, 0.2) is 29.6 Å². The number of ether oxygens (including phenoxy) is 1. The molecule has 3 nitrogen and oxygen atoms in total. The number of likely N-dealkylation sites (N-methyl/N-ethyl adjacent to an activating group) is 1. The molecule has 1 N–H and O–H groups in total. The van der Waals surface area contributed by atoms with E-state index in [-0.39, 0.29) is 6.10 Å². The smallest absolute Gasteiger partial charge is 0.123 e. The van der Waals surface area contributed by atoms with Crippen molar-refractivity contribution in [1.29, 1.82) is 0 Å². The summed E-state index contributed by atoms with van der Waals surface area (Å²) >= 11 is 1.67. The monoisotopic (exact) mass is 276 g/mol. The number of rotatable bonds is 6. The Morgan fingerprint density at radius 1 is 1.32 bits per heavy atom. The molecule has 19 heavy (non-hydrogen) atoms. The van der Waals surface area contributed by atoms with Gasteiger partial charge in [-0.3, -0.25) is 0 Å². The SMILES string of the molecule is CCNCC(C)Oc1ccc(-c2nc(C)cs2)cc1. The third-order valence-electron chi connectivity index (χ3n) is 2.74. The van der Waals surface area contributed by atoms with Crippen molar-refractivity contribution in [2.75, 3.05) is 13.1 Å².